The molecule has 5 heteroatoms. The Hall–Kier alpha value is -1.46. The molecule has 0 radical (unpaired) electrons. The molecule has 0 atom stereocenters. The molecule has 1 aliphatic heterocycles. The zero-order valence-electron chi connectivity index (χ0n) is 11.7. The molecule has 0 spiro atoms. The number of aromatic nitrogens is 2. The van der Waals surface area contributed by atoms with Gasteiger partial charge in [-0.1, -0.05) is 0 Å². The molecule has 2 aromatic heterocycles. The number of piperidine rings is 1. The maximum absolute atomic E-state index is 4.32. The highest BCUT2D eigenvalue weighted by atomic mass is 32.1. The Bertz CT molecular complexity index is 532. The molecule has 1 N–H and O–H groups in total. The van der Waals surface area contributed by atoms with E-state index in [2.05, 4.69) is 38.6 Å². The Labute approximate surface area is 123 Å². The van der Waals surface area contributed by atoms with Crippen LogP contribution in [-0.4, -0.2) is 29.1 Å². The Kier molecular flexibility index (Phi) is 4.28. The molecule has 4 nitrogen and oxygen atoms in total. The van der Waals surface area contributed by atoms with E-state index in [1.165, 1.54) is 10.4 Å². The molecule has 0 aromatic carbocycles. The molecule has 0 bridgehead atoms. The monoisotopic (exact) mass is 288 g/mol. The first-order valence-electron chi connectivity index (χ1n) is 7.11. The summed E-state index contributed by atoms with van der Waals surface area (Å²) in [5.74, 6) is 0.861. The molecule has 1 fully saturated rings. The van der Waals surface area contributed by atoms with Gasteiger partial charge in [-0.3, -0.25) is 0 Å². The van der Waals surface area contributed by atoms with Gasteiger partial charge in [-0.25, -0.2) is 9.97 Å². The SMILES string of the molecule is Cc1ccsc1CNC1CCN(c2ncccn2)CC1. The van der Waals surface area contributed by atoms with Crippen molar-refractivity contribution in [1.82, 2.24) is 15.3 Å². The minimum atomic E-state index is 0.608. The van der Waals surface area contributed by atoms with Crippen LogP contribution in [0.15, 0.2) is 29.9 Å². The summed E-state index contributed by atoms with van der Waals surface area (Å²) in [6.45, 7) is 5.25. The molecule has 3 rings (SSSR count). The number of thiophene rings is 1. The lowest BCUT2D eigenvalue weighted by atomic mass is 10.1. The summed E-state index contributed by atoms with van der Waals surface area (Å²) in [6.07, 6.45) is 5.93. The van der Waals surface area contributed by atoms with Crippen LogP contribution in [0.25, 0.3) is 0 Å². The standard InChI is InChI=1S/C15H20N4S/c1-12-5-10-20-14(12)11-18-13-3-8-19(9-4-13)15-16-6-2-7-17-15/h2,5-7,10,13,18H,3-4,8-9,11H2,1H3. The molecule has 0 saturated carbocycles. The van der Waals surface area contributed by atoms with Gasteiger partial charge < -0.3 is 10.2 Å². The number of nitrogens with one attached hydrogen (secondary N) is 1. The van der Waals surface area contributed by atoms with Crippen LogP contribution in [0, 0.1) is 6.92 Å². The van der Waals surface area contributed by atoms with Crippen LogP contribution < -0.4 is 10.2 Å². The first kappa shape index (κ1) is 13.5. The molecular weight excluding hydrogens is 268 g/mol. The molecule has 2 aromatic rings. The summed E-state index contributed by atoms with van der Waals surface area (Å²) < 4.78 is 0. The Morgan fingerprint density at radius 3 is 2.70 bits per heavy atom. The zero-order valence-corrected chi connectivity index (χ0v) is 12.6. The van der Waals surface area contributed by atoms with Crippen LogP contribution in [0.5, 0.6) is 0 Å². The van der Waals surface area contributed by atoms with Crippen molar-refractivity contribution in [2.75, 3.05) is 18.0 Å². The average Bonchev–Trinajstić information content (AvgIpc) is 2.92. The summed E-state index contributed by atoms with van der Waals surface area (Å²) in [5.41, 5.74) is 1.40. The van der Waals surface area contributed by atoms with E-state index in [-0.39, 0.29) is 0 Å². The molecule has 3 heterocycles. The highest BCUT2D eigenvalue weighted by Gasteiger charge is 2.20. The molecule has 20 heavy (non-hydrogen) atoms. The van der Waals surface area contributed by atoms with E-state index in [9.17, 15) is 0 Å². The average molecular weight is 288 g/mol. The minimum absolute atomic E-state index is 0.608. The maximum Gasteiger partial charge on any atom is 0.225 e. The highest BCUT2D eigenvalue weighted by molar-refractivity contribution is 7.10. The molecule has 0 unspecified atom stereocenters. The number of hydrogen-bond donors (Lipinski definition) is 1. The molecule has 1 aliphatic rings. The third kappa shape index (κ3) is 3.16. The second-order valence-electron chi connectivity index (χ2n) is 5.22. The van der Waals surface area contributed by atoms with Crippen molar-refractivity contribution in [2.45, 2.75) is 32.4 Å². The Morgan fingerprint density at radius 1 is 1.30 bits per heavy atom. The topological polar surface area (TPSA) is 41.0 Å². The van der Waals surface area contributed by atoms with Gasteiger partial charge >= 0.3 is 0 Å². The Balaban J connectivity index is 1.48. The minimum Gasteiger partial charge on any atom is -0.341 e. The summed E-state index contributed by atoms with van der Waals surface area (Å²) in [5, 5.41) is 5.85. The zero-order chi connectivity index (χ0) is 13.8. The van der Waals surface area contributed by atoms with E-state index in [0.29, 0.717) is 6.04 Å². The highest BCUT2D eigenvalue weighted by Crippen LogP contribution is 2.18. The number of hydrogen-bond acceptors (Lipinski definition) is 5. The summed E-state index contributed by atoms with van der Waals surface area (Å²) >= 11 is 1.84. The first-order chi connectivity index (χ1) is 9.83. The van der Waals surface area contributed by atoms with Gasteiger partial charge in [0.05, 0.1) is 0 Å². The second kappa shape index (κ2) is 6.33. The normalized spacial score (nSPS) is 16.6. The summed E-state index contributed by atoms with van der Waals surface area (Å²) in [6, 6.07) is 4.66. The van der Waals surface area contributed by atoms with Crippen LogP contribution in [0.2, 0.25) is 0 Å². The van der Waals surface area contributed by atoms with E-state index < -0.39 is 0 Å². The van der Waals surface area contributed by atoms with Crippen LogP contribution in [0.3, 0.4) is 0 Å². The lowest BCUT2D eigenvalue weighted by Crippen LogP contribution is -2.42. The molecule has 1 saturated heterocycles. The van der Waals surface area contributed by atoms with Gasteiger partial charge in [0.25, 0.3) is 0 Å². The van der Waals surface area contributed by atoms with E-state index >= 15 is 0 Å². The van der Waals surface area contributed by atoms with E-state index in [1.54, 1.807) is 0 Å². The van der Waals surface area contributed by atoms with E-state index in [4.69, 9.17) is 0 Å². The van der Waals surface area contributed by atoms with Crippen molar-refractivity contribution in [3.63, 3.8) is 0 Å². The third-order valence-corrected chi connectivity index (χ3v) is 4.87. The van der Waals surface area contributed by atoms with Gasteiger partial charge in [-0.15, -0.1) is 11.3 Å². The fraction of sp³-hybridized carbons (Fsp3) is 0.467. The van der Waals surface area contributed by atoms with Crippen molar-refractivity contribution >= 4 is 17.3 Å². The molecule has 0 amide bonds. The van der Waals surface area contributed by atoms with Gasteiger partial charge in [0.1, 0.15) is 0 Å². The third-order valence-electron chi connectivity index (χ3n) is 3.85. The van der Waals surface area contributed by atoms with Gasteiger partial charge in [0, 0.05) is 42.9 Å². The van der Waals surface area contributed by atoms with Gasteiger partial charge in [-0.2, -0.15) is 0 Å². The van der Waals surface area contributed by atoms with E-state index in [1.807, 2.05) is 29.8 Å². The van der Waals surface area contributed by atoms with Crippen LogP contribution in [0.1, 0.15) is 23.3 Å². The smallest absolute Gasteiger partial charge is 0.225 e. The Morgan fingerprint density at radius 2 is 2.05 bits per heavy atom. The maximum atomic E-state index is 4.32. The van der Waals surface area contributed by atoms with Crippen LogP contribution in [-0.2, 0) is 6.54 Å². The van der Waals surface area contributed by atoms with Crippen LogP contribution in [0.4, 0.5) is 5.95 Å². The first-order valence-corrected chi connectivity index (χ1v) is 7.99. The number of nitrogens with zero attached hydrogens (tertiary/aromatic N) is 3. The second-order valence-corrected chi connectivity index (χ2v) is 6.22. The summed E-state index contributed by atoms with van der Waals surface area (Å²) in [7, 11) is 0. The number of rotatable bonds is 4. The van der Waals surface area contributed by atoms with Gasteiger partial charge in [0.2, 0.25) is 5.95 Å². The predicted molar refractivity (Wildman–Crippen MR) is 83.2 cm³/mol. The van der Waals surface area contributed by atoms with Crippen molar-refractivity contribution in [3.8, 4) is 0 Å². The number of aryl methyl sites for hydroxylation is 1. The van der Waals surface area contributed by atoms with Gasteiger partial charge in [-0.05, 0) is 42.8 Å². The van der Waals surface area contributed by atoms with Crippen molar-refractivity contribution in [1.29, 1.82) is 0 Å². The van der Waals surface area contributed by atoms with Crippen LogP contribution >= 0.6 is 11.3 Å². The van der Waals surface area contributed by atoms with Crippen molar-refractivity contribution in [2.24, 2.45) is 0 Å². The van der Waals surface area contributed by atoms with Crippen molar-refractivity contribution in [3.05, 3.63) is 40.3 Å². The lowest BCUT2D eigenvalue weighted by Gasteiger charge is -2.32. The fourth-order valence-corrected chi connectivity index (χ4v) is 3.42. The lowest BCUT2D eigenvalue weighted by molar-refractivity contribution is 0.412. The van der Waals surface area contributed by atoms with E-state index in [0.717, 1.165) is 38.4 Å². The largest absolute Gasteiger partial charge is 0.341 e. The summed E-state index contributed by atoms with van der Waals surface area (Å²) in [4.78, 5) is 12.4. The number of anilines is 1. The quantitative estimate of drug-likeness (QED) is 0.939. The predicted octanol–water partition coefficient (Wildman–Crippen LogP) is 2.61. The molecule has 0 aliphatic carbocycles. The molecule has 106 valence electrons. The van der Waals surface area contributed by atoms with Crippen molar-refractivity contribution < 1.29 is 0 Å². The van der Waals surface area contributed by atoms with Gasteiger partial charge in [0.15, 0.2) is 0 Å². The fourth-order valence-electron chi connectivity index (χ4n) is 2.56. The molecular formula is C15H20N4S.